The second kappa shape index (κ2) is 14.2. The van der Waals surface area contributed by atoms with E-state index in [9.17, 15) is 20.4 Å². The molecule has 4 rings (SSSR count). The van der Waals surface area contributed by atoms with Crippen LogP contribution in [0.5, 0.6) is 23.0 Å². The van der Waals surface area contributed by atoms with Crippen molar-refractivity contribution in [2.75, 3.05) is 26.2 Å². The molecule has 208 valence electrons. The van der Waals surface area contributed by atoms with Gasteiger partial charge in [-0.1, -0.05) is 48.5 Å². The minimum atomic E-state index is -0.719. The van der Waals surface area contributed by atoms with Crippen molar-refractivity contribution in [3.05, 3.63) is 119 Å². The summed E-state index contributed by atoms with van der Waals surface area (Å²) in [6.45, 7) is 1.04. The molecule has 0 aliphatic rings. The molecule has 4 aromatic carbocycles. The van der Waals surface area contributed by atoms with Crippen molar-refractivity contribution in [2.24, 2.45) is 25.4 Å². The number of phenols is 4. The van der Waals surface area contributed by atoms with Crippen molar-refractivity contribution in [1.29, 1.82) is 0 Å². The Balaban J connectivity index is 1.67. The van der Waals surface area contributed by atoms with E-state index in [4.69, 9.17) is 0 Å². The maximum Gasteiger partial charge on any atom is 0.124 e. The van der Waals surface area contributed by atoms with Gasteiger partial charge in [-0.05, 0) is 48.5 Å². The zero-order chi connectivity index (χ0) is 28.9. The van der Waals surface area contributed by atoms with E-state index in [1.54, 1.807) is 97.7 Å². The van der Waals surface area contributed by atoms with Crippen LogP contribution in [0.15, 0.2) is 117 Å². The number of nitrogens with zero attached hydrogens (tertiary/aromatic N) is 4. The number of hydrogen-bond donors (Lipinski definition) is 4. The Morgan fingerprint density at radius 1 is 0.390 bits per heavy atom. The van der Waals surface area contributed by atoms with Crippen LogP contribution >= 0.6 is 0 Å². The highest BCUT2D eigenvalue weighted by Crippen LogP contribution is 2.24. The molecule has 0 amide bonds. The molecule has 0 bridgehead atoms. The van der Waals surface area contributed by atoms with Gasteiger partial charge < -0.3 is 20.4 Å². The molecule has 0 saturated heterocycles. The smallest absolute Gasteiger partial charge is 0.124 e. The number of aromatic hydroxyl groups is 4. The lowest BCUT2D eigenvalue weighted by molar-refractivity contribution is 0.339. The summed E-state index contributed by atoms with van der Waals surface area (Å²) in [4.78, 5) is 18.6. The van der Waals surface area contributed by atoms with Gasteiger partial charge in [-0.3, -0.25) is 20.0 Å². The molecule has 4 aromatic rings. The first-order valence-corrected chi connectivity index (χ1v) is 13.1. The number of aliphatic imine (C=N–C) groups is 4. The van der Waals surface area contributed by atoms with Crippen LogP contribution in [-0.2, 0) is 0 Å². The monoisotopic (exact) mass is 548 g/mol. The van der Waals surface area contributed by atoms with E-state index in [1.807, 2.05) is 24.3 Å². The molecule has 0 aliphatic heterocycles. The van der Waals surface area contributed by atoms with E-state index in [2.05, 4.69) is 20.0 Å². The molecule has 8 nitrogen and oxygen atoms in total. The van der Waals surface area contributed by atoms with Crippen molar-refractivity contribution in [3.63, 3.8) is 0 Å². The average Bonchev–Trinajstić information content (AvgIpc) is 2.97. The fraction of sp³-hybridized carbons (Fsp3) is 0.152. The van der Waals surface area contributed by atoms with E-state index < -0.39 is 5.41 Å². The first kappa shape index (κ1) is 28.8. The van der Waals surface area contributed by atoms with Crippen LogP contribution in [0, 0.1) is 5.41 Å². The minimum Gasteiger partial charge on any atom is -0.507 e. The molecule has 0 fully saturated rings. The first-order valence-electron chi connectivity index (χ1n) is 13.1. The molecule has 4 N–H and O–H groups in total. The van der Waals surface area contributed by atoms with Crippen LogP contribution in [0.4, 0.5) is 0 Å². The normalized spacial score (nSPS) is 13.5. The Labute approximate surface area is 239 Å². The summed E-state index contributed by atoms with van der Waals surface area (Å²) in [5.74, 6) is 0.480. The van der Waals surface area contributed by atoms with Gasteiger partial charge in [-0.15, -0.1) is 0 Å². The second-order valence-electron chi connectivity index (χ2n) is 9.61. The molecule has 0 radical (unpaired) electrons. The number of phenolic OH excluding ortho intramolecular Hbond substituents is 4. The SMILES string of the molecule is Oc1ccccc1C=NCC(CN=Cc1ccccc1O)(CN=Cc1ccccc1O)CN=Cc1ccccc1O. The quantitative estimate of drug-likeness (QED) is 0.180. The molecule has 0 spiro atoms. The van der Waals surface area contributed by atoms with E-state index >= 15 is 0 Å². The van der Waals surface area contributed by atoms with Crippen LogP contribution < -0.4 is 0 Å². The Morgan fingerprint density at radius 3 is 0.829 bits per heavy atom. The van der Waals surface area contributed by atoms with Crippen LogP contribution in [0.25, 0.3) is 0 Å². The summed E-state index contributed by atoms with van der Waals surface area (Å²) in [5, 5.41) is 40.8. The van der Waals surface area contributed by atoms with E-state index in [0.29, 0.717) is 22.3 Å². The predicted octanol–water partition coefficient (Wildman–Crippen LogP) is 5.27. The number of benzene rings is 4. The van der Waals surface area contributed by atoms with Gasteiger partial charge in [-0.25, -0.2) is 0 Å². The summed E-state index contributed by atoms with van der Waals surface area (Å²) >= 11 is 0. The van der Waals surface area contributed by atoms with Crippen LogP contribution in [0.2, 0.25) is 0 Å². The fourth-order valence-electron chi connectivity index (χ4n) is 4.04. The van der Waals surface area contributed by atoms with E-state index in [1.165, 1.54) is 0 Å². The summed E-state index contributed by atoms with van der Waals surface area (Å²) in [6.07, 6.45) is 6.43. The lowest BCUT2D eigenvalue weighted by atomic mass is 9.88. The van der Waals surface area contributed by atoms with Gasteiger partial charge in [0, 0.05) is 78.7 Å². The lowest BCUT2D eigenvalue weighted by Gasteiger charge is -2.27. The van der Waals surface area contributed by atoms with Gasteiger partial charge in [0.25, 0.3) is 0 Å². The highest BCUT2D eigenvalue weighted by molar-refractivity contribution is 5.85. The van der Waals surface area contributed by atoms with Gasteiger partial charge in [0.2, 0.25) is 0 Å². The van der Waals surface area contributed by atoms with Crippen LogP contribution in [0.1, 0.15) is 22.3 Å². The Kier molecular flexibility index (Phi) is 9.98. The van der Waals surface area contributed by atoms with Crippen molar-refractivity contribution in [2.45, 2.75) is 0 Å². The summed E-state index contributed by atoms with van der Waals surface area (Å²) in [7, 11) is 0. The molecular weight excluding hydrogens is 516 g/mol. The van der Waals surface area contributed by atoms with Gasteiger partial charge in [0.05, 0.1) is 0 Å². The molecule has 8 heteroatoms. The zero-order valence-corrected chi connectivity index (χ0v) is 22.5. The van der Waals surface area contributed by atoms with Crippen molar-refractivity contribution >= 4 is 24.9 Å². The first-order chi connectivity index (χ1) is 20.0. The predicted molar refractivity (Wildman–Crippen MR) is 165 cm³/mol. The molecule has 0 atom stereocenters. The number of rotatable bonds is 12. The lowest BCUT2D eigenvalue weighted by Crippen LogP contribution is -2.35. The minimum absolute atomic E-state index is 0.120. The largest absolute Gasteiger partial charge is 0.507 e. The Morgan fingerprint density at radius 2 is 0.610 bits per heavy atom. The van der Waals surface area contributed by atoms with Gasteiger partial charge >= 0.3 is 0 Å². The van der Waals surface area contributed by atoms with Crippen LogP contribution in [-0.4, -0.2) is 71.5 Å². The molecule has 0 aliphatic carbocycles. The second-order valence-corrected chi connectivity index (χ2v) is 9.61. The maximum atomic E-state index is 10.2. The third kappa shape index (κ3) is 8.37. The third-order valence-electron chi connectivity index (χ3n) is 6.38. The summed E-state index contributed by atoms with van der Waals surface area (Å²) < 4.78 is 0. The molecule has 0 heterocycles. The summed E-state index contributed by atoms with van der Waals surface area (Å²) in [6, 6.07) is 27.7. The summed E-state index contributed by atoms with van der Waals surface area (Å²) in [5.41, 5.74) is 1.59. The topological polar surface area (TPSA) is 130 Å². The van der Waals surface area contributed by atoms with Gasteiger partial charge in [-0.2, -0.15) is 0 Å². The Bertz CT molecular complexity index is 1330. The maximum absolute atomic E-state index is 10.2. The highest BCUT2D eigenvalue weighted by Gasteiger charge is 2.29. The molecule has 41 heavy (non-hydrogen) atoms. The molecule has 0 saturated carbocycles. The molecule has 0 unspecified atom stereocenters. The van der Waals surface area contributed by atoms with Crippen molar-refractivity contribution in [1.82, 2.24) is 0 Å². The fourth-order valence-corrected chi connectivity index (χ4v) is 4.04. The van der Waals surface area contributed by atoms with E-state index in [-0.39, 0.29) is 49.2 Å². The number of para-hydroxylation sites is 4. The molecular formula is C33H32N4O4. The Hall–Kier alpha value is -5.24. The highest BCUT2D eigenvalue weighted by atomic mass is 16.3. The standard InChI is InChI=1S/C33H32N4O4/c38-29-13-5-1-9-25(29)17-34-21-33(22-35-18-26-10-2-6-14-30(26)39,23-36-19-27-11-3-7-15-31(27)40)24-37-20-28-12-4-8-16-32(28)41/h1-20,38-41H,21-24H2. The zero-order valence-electron chi connectivity index (χ0n) is 22.5. The van der Waals surface area contributed by atoms with Crippen molar-refractivity contribution < 1.29 is 20.4 Å². The number of hydrogen-bond acceptors (Lipinski definition) is 8. The van der Waals surface area contributed by atoms with Gasteiger partial charge in [0.15, 0.2) is 0 Å². The molecule has 0 aromatic heterocycles. The third-order valence-corrected chi connectivity index (χ3v) is 6.38. The van der Waals surface area contributed by atoms with Crippen molar-refractivity contribution in [3.8, 4) is 23.0 Å². The van der Waals surface area contributed by atoms with Crippen LogP contribution in [0.3, 0.4) is 0 Å². The van der Waals surface area contributed by atoms with Gasteiger partial charge in [0.1, 0.15) is 23.0 Å². The van der Waals surface area contributed by atoms with E-state index in [0.717, 1.165) is 0 Å². The average molecular weight is 549 g/mol.